The van der Waals surface area contributed by atoms with Crippen molar-refractivity contribution in [3.8, 4) is 0 Å². The number of benzene rings is 2. The van der Waals surface area contributed by atoms with Gasteiger partial charge < -0.3 is 4.74 Å². The first kappa shape index (κ1) is 17.0. The lowest BCUT2D eigenvalue weighted by molar-refractivity contribution is 0.187. The monoisotopic (exact) mass is 358 g/mol. The predicted molar refractivity (Wildman–Crippen MR) is 84.7 cm³/mol. The number of sulfonamides is 1. The highest BCUT2D eigenvalue weighted by molar-refractivity contribution is 7.92. The second-order valence-corrected chi connectivity index (χ2v) is 6.41. The Balaban J connectivity index is 2.29. The van der Waals surface area contributed by atoms with Crippen LogP contribution in [0.3, 0.4) is 0 Å². The van der Waals surface area contributed by atoms with Gasteiger partial charge in [-0.1, -0.05) is 23.7 Å². The van der Waals surface area contributed by atoms with Crippen molar-refractivity contribution in [3.05, 3.63) is 53.3 Å². The summed E-state index contributed by atoms with van der Waals surface area (Å²) in [5, 5.41) is 2.09. The van der Waals surface area contributed by atoms with Crippen LogP contribution in [0.5, 0.6) is 0 Å². The number of hydrogen-bond acceptors (Lipinski definition) is 4. The van der Waals surface area contributed by atoms with E-state index in [-0.39, 0.29) is 10.7 Å². The van der Waals surface area contributed by atoms with Crippen LogP contribution in [-0.2, 0) is 14.8 Å². The van der Waals surface area contributed by atoms with Crippen molar-refractivity contribution in [2.45, 2.75) is 4.90 Å². The van der Waals surface area contributed by atoms with Crippen LogP contribution in [0.2, 0.25) is 5.02 Å². The number of nitrogens with one attached hydrogen (secondary N) is 2. The molecule has 2 N–H and O–H groups in total. The lowest BCUT2D eigenvalue weighted by Crippen LogP contribution is -2.15. The Morgan fingerprint density at radius 2 is 1.83 bits per heavy atom. The van der Waals surface area contributed by atoms with Crippen molar-refractivity contribution < 1.29 is 22.3 Å². The van der Waals surface area contributed by atoms with E-state index in [0.717, 1.165) is 6.07 Å². The first-order valence-electron chi connectivity index (χ1n) is 6.25. The third kappa shape index (κ3) is 4.11. The Labute approximate surface area is 137 Å². The van der Waals surface area contributed by atoms with Crippen molar-refractivity contribution >= 4 is 39.1 Å². The summed E-state index contributed by atoms with van der Waals surface area (Å²) in [6.07, 6.45) is -0.703. The Kier molecular flexibility index (Phi) is 5.07. The largest absolute Gasteiger partial charge is 0.453 e. The van der Waals surface area contributed by atoms with Crippen LogP contribution >= 0.6 is 11.6 Å². The number of amides is 1. The quantitative estimate of drug-likeness (QED) is 0.876. The van der Waals surface area contributed by atoms with E-state index in [4.69, 9.17) is 11.6 Å². The summed E-state index contributed by atoms with van der Waals surface area (Å²) in [5.74, 6) is -1.04. The van der Waals surface area contributed by atoms with Crippen molar-refractivity contribution in [3.63, 3.8) is 0 Å². The summed E-state index contributed by atoms with van der Waals surface area (Å²) in [6.45, 7) is 0. The van der Waals surface area contributed by atoms with Crippen LogP contribution in [-0.4, -0.2) is 21.6 Å². The number of rotatable bonds is 4. The summed E-state index contributed by atoms with van der Waals surface area (Å²) in [5.41, 5.74) is 0.446. The molecule has 2 aromatic carbocycles. The van der Waals surface area contributed by atoms with Gasteiger partial charge in [0.05, 0.1) is 17.8 Å². The van der Waals surface area contributed by atoms with Gasteiger partial charge in [0, 0.05) is 5.69 Å². The van der Waals surface area contributed by atoms with Crippen LogP contribution in [0.1, 0.15) is 0 Å². The Morgan fingerprint density at radius 1 is 1.17 bits per heavy atom. The number of halogens is 2. The molecule has 0 saturated heterocycles. The zero-order chi connectivity index (χ0) is 17.0. The second-order valence-electron chi connectivity index (χ2n) is 4.35. The highest BCUT2D eigenvalue weighted by Crippen LogP contribution is 2.25. The highest BCUT2D eigenvalue weighted by atomic mass is 35.5. The summed E-state index contributed by atoms with van der Waals surface area (Å²) in [7, 11) is -2.97. The van der Waals surface area contributed by atoms with Gasteiger partial charge >= 0.3 is 6.09 Å². The molecule has 6 nitrogen and oxygen atoms in total. The number of anilines is 2. The normalized spacial score (nSPS) is 10.9. The van der Waals surface area contributed by atoms with Gasteiger partial charge in [-0.05, 0) is 30.3 Å². The van der Waals surface area contributed by atoms with E-state index < -0.39 is 26.8 Å². The molecular formula is C14H12ClFN2O4S. The predicted octanol–water partition coefficient (Wildman–Crippen LogP) is 3.46. The fraction of sp³-hybridized carbons (Fsp3) is 0.0714. The van der Waals surface area contributed by atoms with Crippen molar-refractivity contribution in [2.75, 3.05) is 17.1 Å². The standard InChI is InChI=1S/C14H12ClFN2O4S/c1-22-14(19)17-9-4-2-5-10(8-9)18-23(20,21)12-7-3-6-11(15)13(12)16/h2-8,18H,1H3,(H,17,19). The Morgan fingerprint density at radius 3 is 2.52 bits per heavy atom. The molecule has 0 atom stereocenters. The number of methoxy groups -OCH3 is 1. The van der Waals surface area contributed by atoms with E-state index in [1.165, 1.54) is 43.5 Å². The molecule has 0 aliphatic heterocycles. The average Bonchev–Trinajstić information content (AvgIpc) is 2.49. The minimum absolute atomic E-state index is 0.137. The maximum Gasteiger partial charge on any atom is 0.411 e. The van der Waals surface area contributed by atoms with Gasteiger partial charge in [-0.2, -0.15) is 0 Å². The lowest BCUT2D eigenvalue weighted by atomic mass is 10.3. The molecule has 0 saturated carbocycles. The summed E-state index contributed by atoms with van der Waals surface area (Å²) >= 11 is 5.59. The fourth-order valence-electron chi connectivity index (χ4n) is 1.73. The maximum atomic E-state index is 13.9. The molecule has 0 fully saturated rings. The van der Waals surface area contributed by atoms with Gasteiger partial charge in [0.15, 0.2) is 5.82 Å². The molecular weight excluding hydrogens is 347 g/mol. The van der Waals surface area contributed by atoms with Crippen LogP contribution in [0, 0.1) is 5.82 Å². The van der Waals surface area contributed by atoms with Gasteiger partial charge in [-0.25, -0.2) is 17.6 Å². The lowest BCUT2D eigenvalue weighted by Gasteiger charge is -2.11. The molecule has 0 aliphatic carbocycles. The third-order valence-corrected chi connectivity index (χ3v) is 4.44. The first-order valence-corrected chi connectivity index (χ1v) is 8.11. The molecule has 0 bridgehead atoms. The SMILES string of the molecule is COC(=O)Nc1cccc(NS(=O)(=O)c2cccc(Cl)c2F)c1. The molecule has 0 spiro atoms. The minimum atomic E-state index is -4.17. The smallest absolute Gasteiger partial charge is 0.411 e. The third-order valence-electron chi connectivity index (χ3n) is 2.75. The van der Waals surface area contributed by atoms with Crippen LogP contribution in [0.15, 0.2) is 47.4 Å². The molecule has 122 valence electrons. The van der Waals surface area contributed by atoms with Crippen molar-refractivity contribution in [1.29, 1.82) is 0 Å². The van der Waals surface area contributed by atoms with Crippen molar-refractivity contribution in [2.24, 2.45) is 0 Å². The number of carbonyl (C=O) groups is 1. The van der Waals surface area contributed by atoms with E-state index in [1.54, 1.807) is 0 Å². The summed E-state index contributed by atoms with van der Waals surface area (Å²) < 4.78 is 45.0. The molecule has 0 heterocycles. The molecule has 0 aromatic heterocycles. The minimum Gasteiger partial charge on any atom is -0.453 e. The fourth-order valence-corrected chi connectivity index (χ4v) is 3.11. The van der Waals surface area contributed by atoms with Crippen LogP contribution < -0.4 is 10.0 Å². The molecule has 23 heavy (non-hydrogen) atoms. The molecule has 9 heteroatoms. The molecule has 2 aromatic rings. The number of carbonyl (C=O) groups excluding carboxylic acids is 1. The van der Waals surface area contributed by atoms with Crippen LogP contribution in [0.4, 0.5) is 20.6 Å². The van der Waals surface area contributed by atoms with Gasteiger partial charge in [0.2, 0.25) is 0 Å². The van der Waals surface area contributed by atoms with Gasteiger partial charge in [-0.15, -0.1) is 0 Å². The van der Waals surface area contributed by atoms with Gasteiger partial charge in [-0.3, -0.25) is 10.0 Å². The summed E-state index contributed by atoms with van der Waals surface area (Å²) in [4.78, 5) is 10.6. The number of hydrogen-bond donors (Lipinski definition) is 2. The highest BCUT2D eigenvalue weighted by Gasteiger charge is 2.21. The van der Waals surface area contributed by atoms with Crippen molar-refractivity contribution in [1.82, 2.24) is 0 Å². The maximum absolute atomic E-state index is 13.9. The van der Waals surface area contributed by atoms with Crippen LogP contribution in [0.25, 0.3) is 0 Å². The molecule has 0 unspecified atom stereocenters. The Bertz CT molecular complexity index is 842. The Hall–Kier alpha value is -2.32. The average molecular weight is 359 g/mol. The first-order chi connectivity index (χ1) is 10.8. The van der Waals surface area contributed by atoms with E-state index >= 15 is 0 Å². The zero-order valence-corrected chi connectivity index (χ0v) is 13.4. The molecule has 0 radical (unpaired) electrons. The van der Waals surface area contributed by atoms with E-state index in [9.17, 15) is 17.6 Å². The molecule has 2 rings (SSSR count). The van der Waals surface area contributed by atoms with Gasteiger partial charge in [0.1, 0.15) is 4.90 Å². The van der Waals surface area contributed by atoms with E-state index in [1.807, 2.05) is 0 Å². The molecule has 1 amide bonds. The number of ether oxygens (including phenoxy) is 1. The van der Waals surface area contributed by atoms with Gasteiger partial charge in [0.25, 0.3) is 10.0 Å². The second kappa shape index (κ2) is 6.84. The topological polar surface area (TPSA) is 84.5 Å². The molecule has 0 aliphatic rings. The zero-order valence-electron chi connectivity index (χ0n) is 11.8. The van der Waals surface area contributed by atoms with E-state index in [0.29, 0.717) is 5.69 Å². The summed E-state index contributed by atoms with van der Waals surface area (Å²) in [6, 6.07) is 9.53. The van der Waals surface area contributed by atoms with E-state index in [2.05, 4.69) is 14.8 Å².